The maximum Gasteiger partial charge on any atom is -0.147 e. The van der Waals surface area contributed by atoms with E-state index in [1.165, 1.54) is 11.1 Å². The first-order chi connectivity index (χ1) is 8.96. The van der Waals surface area contributed by atoms with Gasteiger partial charge in [0.05, 0.1) is 0 Å². The largest absolute Gasteiger partial charge is 0.147 e. The van der Waals surface area contributed by atoms with Crippen molar-refractivity contribution in [2.75, 3.05) is 0 Å². The molecule has 3 heteroatoms. The molecule has 2 unspecified atom stereocenters. The first-order valence-corrected chi connectivity index (χ1v) is 21.1. The van der Waals surface area contributed by atoms with Gasteiger partial charge in [-0.05, 0) is 0 Å². The van der Waals surface area contributed by atoms with Gasteiger partial charge in [0, 0.05) is 0 Å². The first-order valence-electron chi connectivity index (χ1n) is 7.83. The zero-order valence-electron chi connectivity index (χ0n) is 14.9. The van der Waals surface area contributed by atoms with E-state index < -0.39 is 17.4 Å². The van der Waals surface area contributed by atoms with E-state index in [9.17, 15) is 0 Å². The van der Waals surface area contributed by atoms with E-state index in [1.54, 1.807) is 11.1 Å². The molecule has 118 valence electrons. The molecule has 0 saturated carbocycles. The summed E-state index contributed by atoms with van der Waals surface area (Å²) in [6.45, 7) is 16.5. The van der Waals surface area contributed by atoms with Gasteiger partial charge in [0.25, 0.3) is 0 Å². The third-order valence-corrected chi connectivity index (χ3v) is 22.7. The molecule has 0 heterocycles. The molecule has 0 N–H and O–H groups in total. The fraction of sp³-hybridized carbons (Fsp3) is 0.556. The molecule has 0 spiro atoms. The summed E-state index contributed by atoms with van der Waals surface area (Å²) in [6.07, 6.45) is 4.96. The van der Waals surface area contributed by atoms with Crippen molar-refractivity contribution >= 4 is 19.3 Å². The van der Waals surface area contributed by atoms with Gasteiger partial charge in [0.1, 0.15) is 0 Å². The first kappa shape index (κ1) is 19.4. The van der Waals surface area contributed by atoms with Crippen molar-refractivity contribution in [2.45, 2.75) is 50.8 Å². The molecule has 0 saturated heterocycles. The van der Waals surface area contributed by atoms with Crippen molar-refractivity contribution in [1.29, 1.82) is 0 Å². The summed E-state index contributed by atoms with van der Waals surface area (Å²) in [4.78, 5) is 0. The molecule has 0 aromatic heterocycles. The van der Waals surface area contributed by atoms with E-state index in [2.05, 4.69) is 69.8 Å². The number of hydrogen-bond donors (Lipinski definition) is 0. The molecule has 0 amide bonds. The summed E-state index contributed by atoms with van der Waals surface area (Å²) in [7, 11) is 0. The third-order valence-electron chi connectivity index (χ3n) is 5.63. The quantitative estimate of drug-likeness (QED) is 0.537. The van der Waals surface area contributed by atoms with E-state index in [4.69, 9.17) is 0 Å². The molecule has 0 aromatic carbocycles. The van der Waals surface area contributed by atoms with Gasteiger partial charge in [-0.25, -0.2) is 0 Å². The molecule has 21 heavy (non-hydrogen) atoms. The van der Waals surface area contributed by atoms with E-state index >= 15 is 0 Å². The summed E-state index contributed by atoms with van der Waals surface area (Å²) in [5.41, 5.74) is 6.22. The molecule has 0 nitrogen and oxygen atoms in total. The molecule has 2 aliphatic rings. The normalized spacial score (nSPS) is 26.9. The minimum atomic E-state index is -3.02. The predicted molar refractivity (Wildman–Crippen MR) is 98.8 cm³/mol. The Morgan fingerprint density at radius 2 is 1.10 bits per heavy atom. The van der Waals surface area contributed by atoms with Gasteiger partial charge in [0.2, 0.25) is 0 Å². The number of hydrogen-bond acceptors (Lipinski definition) is 0. The minimum Gasteiger partial charge on any atom is -0.147 e. The minimum absolute atomic E-state index is 0. The number of halogens is 1. The molecule has 2 atom stereocenters. The molecule has 0 fully saturated rings. The van der Waals surface area contributed by atoms with Crippen LogP contribution < -0.4 is 0 Å². The predicted octanol–water partition coefficient (Wildman–Crippen LogP) is 5.48. The van der Waals surface area contributed by atoms with Crippen LogP contribution in [0.25, 0.3) is 0 Å². The Morgan fingerprint density at radius 3 is 1.29 bits per heavy atom. The molecule has 2 aliphatic carbocycles. The summed E-state index contributed by atoms with van der Waals surface area (Å²) in [6, 6.07) is 0. The van der Waals surface area contributed by atoms with Crippen LogP contribution in [0.4, 0.5) is 0 Å². The van der Waals surface area contributed by atoms with Crippen LogP contribution in [0.1, 0.15) is 41.5 Å². The SMILES string of the molecule is CC1=CC(C)[C]([Zr]([CH3])([CH3])(=[SiH2])[C]2=C(C)C(C)=CC2C)=C1C.Cl. The van der Waals surface area contributed by atoms with Gasteiger partial charge in [0.15, 0.2) is 0 Å². The average Bonchev–Trinajstić information content (AvgIpc) is 2.65. The zero-order chi connectivity index (χ0) is 15.5. The molecule has 0 aliphatic heterocycles. The van der Waals surface area contributed by atoms with Crippen molar-refractivity contribution in [3.05, 3.63) is 41.0 Å². The summed E-state index contributed by atoms with van der Waals surface area (Å²) >= 11 is -3.02. The smallest absolute Gasteiger partial charge is 0.147 e. The van der Waals surface area contributed by atoms with Gasteiger partial charge >= 0.3 is 128 Å². The number of rotatable bonds is 2. The molecule has 2 rings (SSSR count). The summed E-state index contributed by atoms with van der Waals surface area (Å²) in [5, 5.41) is 0. The van der Waals surface area contributed by atoms with Crippen molar-refractivity contribution in [2.24, 2.45) is 11.8 Å². The second kappa shape index (κ2) is 5.77. The van der Waals surface area contributed by atoms with Gasteiger partial charge in [-0.3, -0.25) is 0 Å². The summed E-state index contributed by atoms with van der Waals surface area (Å²) in [5.74, 6) is 1.28. The molecule has 0 aromatic rings. The van der Waals surface area contributed by atoms with E-state index in [0.29, 0.717) is 11.8 Å². The Kier molecular flexibility index (Phi) is 5.33. The molecular formula is C18H31ClSiZr. The third kappa shape index (κ3) is 2.93. The Labute approximate surface area is 139 Å². The maximum atomic E-state index is 2.66. The van der Waals surface area contributed by atoms with E-state index in [0.717, 1.165) is 0 Å². The van der Waals surface area contributed by atoms with E-state index in [-0.39, 0.29) is 12.4 Å². The fourth-order valence-corrected chi connectivity index (χ4v) is 27.2. The number of allylic oxidation sites excluding steroid dienone is 8. The second-order valence-corrected chi connectivity index (χ2v) is 36.4. The van der Waals surface area contributed by atoms with Crippen LogP contribution in [-0.4, -0.2) is 6.88 Å². The zero-order valence-corrected chi connectivity index (χ0v) is 19.6. The van der Waals surface area contributed by atoms with Crippen molar-refractivity contribution in [1.82, 2.24) is 0 Å². The fourth-order valence-electron chi connectivity index (χ4n) is 5.08. The Balaban J connectivity index is 0.00000220. The van der Waals surface area contributed by atoms with Crippen LogP contribution in [0.3, 0.4) is 0 Å². The Bertz CT molecular complexity index is 615. The Hall–Kier alpha value is 0.350. The van der Waals surface area contributed by atoms with Crippen molar-refractivity contribution in [3.63, 3.8) is 0 Å². The molecular weight excluding hydrogens is 371 g/mol. The van der Waals surface area contributed by atoms with Crippen LogP contribution in [0.15, 0.2) is 41.0 Å². The monoisotopic (exact) mass is 400 g/mol. The standard InChI is InChI=1S/2C8H11.2CH3.ClH.H2Si.Zr/c2*1-6-4-7(2)8(3)5-6;;;;;/h2*4,6H,1-3H3;2*1H3;1H;1H2;. The van der Waals surface area contributed by atoms with Gasteiger partial charge in [-0.15, -0.1) is 12.4 Å². The van der Waals surface area contributed by atoms with Crippen LogP contribution >= 0.6 is 12.4 Å². The molecule has 0 bridgehead atoms. The van der Waals surface area contributed by atoms with Gasteiger partial charge in [-0.1, -0.05) is 0 Å². The second-order valence-electron chi connectivity index (χ2n) is 8.04. The van der Waals surface area contributed by atoms with Crippen molar-refractivity contribution < 1.29 is 17.4 Å². The van der Waals surface area contributed by atoms with Crippen LogP contribution in [0.5, 0.6) is 0 Å². The maximum absolute atomic E-state index is 3.02. The van der Waals surface area contributed by atoms with Crippen LogP contribution in [0.2, 0.25) is 9.26 Å². The van der Waals surface area contributed by atoms with Crippen LogP contribution in [-0.2, 0) is 17.4 Å². The Morgan fingerprint density at radius 1 is 0.810 bits per heavy atom. The van der Waals surface area contributed by atoms with Gasteiger partial charge < -0.3 is 0 Å². The van der Waals surface area contributed by atoms with Crippen molar-refractivity contribution in [3.8, 4) is 0 Å². The van der Waals surface area contributed by atoms with E-state index in [1.807, 2.05) is 6.56 Å². The van der Waals surface area contributed by atoms with Crippen LogP contribution in [0, 0.1) is 11.8 Å². The topological polar surface area (TPSA) is 0 Å². The molecule has 0 radical (unpaired) electrons. The average molecular weight is 402 g/mol. The summed E-state index contributed by atoms with van der Waals surface area (Å²) < 4.78 is 8.96. The van der Waals surface area contributed by atoms with Gasteiger partial charge in [-0.2, -0.15) is 0 Å².